The van der Waals surface area contributed by atoms with Crippen LogP contribution in [0.5, 0.6) is 0 Å². The average molecular weight is 280 g/mol. The van der Waals surface area contributed by atoms with Gasteiger partial charge in [-0.05, 0) is 43.2 Å². The van der Waals surface area contributed by atoms with Crippen molar-refractivity contribution in [2.24, 2.45) is 11.8 Å². The van der Waals surface area contributed by atoms with Crippen LogP contribution >= 0.6 is 0 Å². The summed E-state index contributed by atoms with van der Waals surface area (Å²) in [5.74, 6) is -0.741. The van der Waals surface area contributed by atoms with Gasteiger partial charge in [-0.1, -0.05) is 13.8 Å². The zero-order chi connectivity index (χ0) is 14.9. The van der Waals surface area contributed by atoms with Crippen molar-refractivity contribution in [3.63, 3.8) is 0 Å². The topological polar surface area (TPSA) is 75.3 Å². The summed E-state index contributed by atoms with van der Waals surface area (Å²) in [7, 11) is 0. The highest BCUT2D eigenvalue weighted by Gasteiger charge is 2.25. The van der Waals surface area contributed by atoms with Crippen LogP contribution in [0.15, 0.2) is 12.1 Å². The van der Waals surface area contributed by atoms with Gasteiger partial charge >= 0.3 is 5.97 Å². The number of carboxylic acids is 1. The number of aromatic carboxylic acids is 1. The molecule has 0 spiro atoms. The number of nitrogens with one attached hydrogen (secondary N) is 1. The molecule has 110 valence electrons. The molecule has 4 N–H and O–H groups in total. The third-order valence-electron chi connectivity index (χ3n) is 4.33. The van der Waals surface area contributed by atoms with Gasteiger partial charge in [0.05, 0.1) is 16.9 Å². The van der Waals surface area contributed by atoms with Crippen LogP contribution in [-0.2, 0) is 0 Å². The number of hydrogen-bond acceptors (Lipinski definition) is 3. The third-order valence-corrected chi connectivity index (χ3v) is 4.33. The van der Waals surface area contributed by atoms with E-state index in [4.69, 9.17) is 10.8 Å². The van der Waals surface area contributed by atoms with Gasteiger partial charge in [0.1, 0.15) is 5.82 Å². The largest absolute Gasteiger partial charge is 0.478 e. The fourth-order valence-electron chi connectivity index (χ4n) is 2.78. The molecular weight excluding hydrogens is 259 g/mol. The second-order valence-corrected chi connectivity index (χ2v) is 5.83. The zero-order valence-corrected chi connectivity index (χ0v) is 11.8. The summed E-state index contributed by atoms with van der Waals surface area (Å²) in [4.78, 5) is 10.8. The Bertz CT molecular complexity index is 519. The summed E-state index contributed by atoms with van der Waals surface area (Å²) in [5.41, 5.74) is 6.18. The number of carbonyl (C=O) groups is 1. The molecule has 1 saturated carbocycles. The van der Waals surface area contributed by atoms with E-state index in [1.807, 2.05) is 0 Å². The van der Waals surface area contributed by atoms with Crippen LogP contribution in [0.25, 0.3) is 0 Å². The van der Waals surface area contributed by atoms with Gasteiger partial charge in [-0.3, -0.25) is 0 Å². The highest BCUT2D eigenvalue weighted by molar-refractivity contribution is 5.90. The maximum atomic E-state index is 13.7. The molecule has 0 aromatic heterocycles. The Morgan fingerprint density at radius 2 is 2.05 bits per heavy atom. The molecule has 0 bridgehead atoms. The van der Waals surface area contributed by atoms with Crippen LogP contribution < -0.4 is 11.1 Å². The number of anilines is 2. The quantitative estimate of drug-likeness (QED) is 0.742. The van der Waals surface area contributed by atoms with E-state index in [1.54, 1.807) is 0 Å². The highest BCUT2D eigenvalue weighted by Crippen LogP contribution is 2.32. The van der Waals surface area contributed by atoms with E-state index in [1.165, 1.54) is 12.1 Å². The van der Waals surface area contributed by atoms with E-state index in [-0.39, 0.29) is 11.7 Å². The standard InChI is InChI=1S/C15H21FN2O2/c1-8-3-4-10(5-9(8)2)18-14-7-12(16)11(15(19)20)6-13(14)17/h6-10,18H,3-5,17H2,1-2H3,(H,19,20). The molecule has 1 aliphatic carbocycles. The van der Waals surface area contributed by atoms with Crippen molar-refractivity contribution < 1.29 is 14.3 Å². The number of nitrogens with two attached hydrogens (primary N) is 1. The SMILES string of the molecule is CC1CCC(Nc2cc(F)c(C(=O)O)cc2N)CC1C. The molecule has 1 aromatic carbocycles. The third kappa shape index (κ3) is 3.03. The lowest BCUT2D eigenvalue weighted by Gasteiger charge is -2.33. The van der Waals surface area contributed by atoms with Crippen molar-refractivity contribution in [1.82, 2.24) is 0 Å². The van der Waals surface area contributed by atoms with Crippen LogP contribution in [0.1, 0.15) is 43.5 Å². The Hall–Kier alpha value is -1.78. The van der Waals surface area contributed by atoms with Gasteiger partial charge in [-0.25, -0.2) is 9.18 Å². The number of benzene rings is 1. The Kier molecular flexibility index (Phi) is 4.16. The maximum absolute atomic E-state index is 13.7. The van der Waals surface area contributed by atoms with Crippen LogP contribution in [0, 0.1) is 17.7 Å². The molecule has 0 saturated heterocycles. The van der Waals surface area contributed by atoms with E-state index >= 15 is 0 Å². The van der Waals surface area contributed by atoms with Crippen LogP contribution in [0.2, 0.25) is 0 Å². The lowest BCUT2D eigenvalue weighted by molar-refractivity contribution is 0.0692. The molecule has 1 fully saturated rings. The highest BCUT2D eigenvalue weighted by atomic mass is 19.1. The minimum absolute atomic E-state index is 0.263. The van der Waals surface area contributed by atoms with Crippen molar-refractivity contribution in [3.05, 3.63) is 23.5 Å². The Morgan fingerprint density at radius 1 is 1.35 bits per heavy atom. The summed E-state index contributed by atoms with van der Waals surface area (Å²) >= 11 is 0. The summed E-state index contributed by atoms with van der Waals surface area (Å²) in [5, 5.41) is 12.1. The van der Waals surface area contributed by atoms with Crippen molar-refractivity contribution in [1.29, 1.82) is 0 Å². The van der Waals surface area contributed by atoms with Crippen molar-refractivity contribution in [2.75, 3.05) is 11.1 Å². The van der Waals surface area contributed by atoms with Crippen molar-refractivity contribution in [2.45, 2.75) is 39.2 Å². The van der Waals surface area contributed by atoms with Crippen molar-refractivity contribution >= 4 is 17.3 Å². The van der Waals surface area contributed by atoms with E-state index in [2.05, 4.69) is 19.2 Å². The first-order valence-corrected chi connectivity index (χ1v) is 6.97. The van der Waals surface area contributed by atoms with E-state index < -0.39 is 17.3 Å². The van der Waals surface area contributed by atoms with E-state index in [0.717, 1.165) is 19.3 Å². The molecule has 1 aliphatic rings. The Labute approximate surface area is 118 Å². The molecule has 0 radical (unpaired) electrons. The minimum atomic E-state index is -1.30. The first-order chi connectivity index (χ1) is 9.38. The number of nitrogen functional groups attached to an aromatic ring is 1. The second-order valence-electron chi connectivity index (χ2n) is 5.83. The molecule has 4 nitrogen and oxygen atoms in total. The molecule has 0 amide bonds. The van der Waals surface area contributed by atoms with Crippen molar-refractivity contribution in [3.8, 4) is 0 Å². The van der Waals surface area contributed by atoms with Gasteiger partial charge in [0.15, 0.2) is 0 Å². The molecule has 0 aliphatic heterocycles. The zero-order valence-electron chi connectivity index (χ0n) is 11.8. The molecule has 3 unspecified atom stereocenters. The van der Waals surface area contributed by atoms with E-state index in [9.17, 15) is 9.18 Å². The summed E-state index contributed by atoms with van der Waals surface area (Å²) in [6.45, 7) is 4.46. The fraction of sp³-hybridized carbons (Fsp3) is 0.533. The summed E-state index contributed by atoms with van der Waals surface area (Å²) < 4.78 is 13.7. The van der Waals surface area contributed by atoms with Gasteiger partial charge < -0.3 is 16.2 Å². The van der Waals surface area contributed by atoms with Gasteiger partial charge in [-0.2, -0.15) is 0 Å². The number of rotatable bonds is 3. The maximum Gasteiger partial charge on any atom is 0.338 e. The fourth-order valence-corrected chi connectivity index (χ4v) is 2.78. The van der Waals surface area contributed by atoms with Crippen LogP contribution in [-0.4, -0.2) is 17.1 Å². The van der Waals surface area contributed by atoms with Gasteiger partial charge in [0.2, 0.25) is 0 Å². The monoisotopic (exact) mass is 280 g/mol. The van der Waals surface area contributed by atoms with Gasteiger partial charge in [0, 0.05) is 6.04 Å². The predicted molar refractivity (Wildman–Crippen MR) is 77.4 cm³/mol. The number of halogens is 1. The Balaban J connectivity index is 2.14. The average Bonchev–Trinajstić information content (AvgIpc) is 2.37. The molecule has 1 aromatic rings. The molecule has 3 atom stereocenters. The number of carboxylic acid groups (broad SMARTS) is 1. The molecular formula is C15H21FN2O2. The van der Waals surface area contributed by atoms with Gasteiger partial charge in [-0.15, -0.1) is 0 Å². The predicted octanol–water partition coefficient (Wildman–Crippen LogP) is 3.34. The molecule has 0 heterocycles. The first-order valence-electron chi connectivity index (χ1n) is 6.97. The molecule has 20 heavy (non-hydrogen) atoms. The second kappa shape index (κ2) is 5.69. The van der Waals surface area contributed by atoms with Crippen LogP contribution in [0.3, 0.4) is 0 Å². The summed E-state index contributed by atoms with van der Waals surface area (Å²) in [6, 6.07) is 2.62. The normalized spacial score (nSPS) is 26.2. The number of hydrogen-bond donors (Lipinski definition) is 3. The van der Waals surface area contributed by atoms with Gasteiger partial charge in [0.25, 0.3) is 0 Å². The Morgan fingerprint density at radius 3 is 2.65 bits per heavy atom. The first kappa shape index (κ1) is 14.6. The lowest BCUT2D eigenvalue weighted by atomic mass is 9.79. The van der Waals surface area contributed by atoms with E-state index in [0.29, 0.717) is 17.5 Å². The smallest absolute Gasteiger partial charge is 0.338 e. The lowest BCUT2D eigenvalue weighted by Crippen LogP contribution is -2.30. The molecule has 5 heteroatoms. The molecule has 2 rings (SSSR count). The minimum Gasteiger partial charge on any atom is -0.478 e. The van der Waals surface area contributed by atoms with Crippen LogP contribution in [0.4, 0.5) is 15.8 Å². The summed E-state index contributed by atoms with van der Waals surface area (Å²) in [6.07, 6.45) is 3.17.